The quantitative estimate of drug-likeness (QED) is 0.134. The number of ether oxygens (including phenoxy) is 3. The number of allylic oxidation sites excluding steroid dienone is 1. The summed E-state index contributed by atoms with van der Waals surface area (Å²) in [6.07, 6.45) is 13.7. The molecule has 2 atom stereocenters. The molecule has 1 unspecified atom stereocenters. The first-order valence-electron chi connectivity index (χ1n) is 14.3. The van der Waals surface area contributed by atoms with Gasteiger partial charge in [0.2, 0.25) is 0 Å². The van der Waals surface area contributed by atoms with Gasteiger partial charge in [-0.15, -0.1) is 0 Å². The van der Waals surface area contributed by atoms with E-state index < -0.39 is 18.4 Å². The Morgan fingerprint density at radius 2 is 1.63 bits per heavy atom. The van der Waals surface area contributed by atoms with Gasteiger partial charge in [-0.2, -0.15) is 0 Å². The van der Waals surface area contributed by atoms with Crippen LogP contribution in [0.25, 0.3) is 0 Å². The van der Waals surface area contributed by atoms with Crippen molar-refractivity contribution in [3.05, 3.63) is 40.0 Å². The molecular formula is C30H50O4Sn. The molecule has 1 aromatic carbocycles. The predicted octanol–water partition coefficient (Wildman–Crippen LogP) is 8.57. The molecule has 0 aliphatic carbocycles. The molecule has 0 bridgehead atoms. The van der Waals surface area contributed by atoms with Crippen LogP contribution in [0.5, 0.6) is 5.75 Å². The van der Waals surface area contributed by atoms with Gasteiger partial charge in [-0.3, -0.25) is 0 Å². The number of carbonyl (C=O) groups excluding carboxylic acids is 1. The summed E-state index contributed by atoms with van der Waals surface area (Å²) >= 11 is -2.44. The van der Waals surface area contributed by atoms with Crippen LogP contribution in [-0.2, 0) is 14.3 Å². The summed E-state index contributed by atoms with van der Waals surface area (Å²) in [4.78, 5) is 12.5. The van der Waals surface area contributed by atoms with Crippen LogP contribution in [0.3, 0.4) is 0 Å². The van der Waals surface area contributed by atoms with Crippen molar-refractivity contribution in [2.75, 3.05) is 13.2 Å². The monoisotopic (exact) mass is 594 g/mol. The van der Waals surface area contributed by atoms with Gasteiger partial charge in [0, 0.05) is 0 Å². The van der Waals surface area contributed by atoms with E-state index in [4.69, 9.17) is 14.2 Å². The molecule has 0 aromatic heterocycles. The molecule has 4 nitrogen and oxygen atoms in total. The molecule has 0 radical (unpaired) electrons. The molecule has 1 fully saturated rings. The first kappa shape index (κ1) is 30.2. The fourth-order valence-electron chi connectivity index (χ4n) is 4.98. The summed E-state index contributed by atoms with van der Waals surface area (Å²) < 4.78 is 24.1. The second kappa shape index (κ2) is 17.4. The average Bonchev–Trinajstić information content (AvgIpc) is 2.88. The van der Waals surface area contributed by atoms with Crippen molar-refractivity contribution in [3.8, 4) is 5.75 Å². The van der Waals surface area contributed by atoms with Crippen LogP contribution in [-0.4, -0.2) is 43.9 Å². The van der Waals surface area contributed by atoms with Crippen molar-refractivity contribution in [1.29, 1.82) is 0 Å². The molecular weight excluding hydrogens is 543 g/mol. The summed E-state index contributed by atoms with van der Waals surface area (Å²) in [6.45, 7) is 10.0. The number of hydrogen-bond donors (Lipinski definition) is 0. The number of rotatable bonds is 17. The first-order valence-corrected chi connectivity index (χ1v) is 22.0. The Balaban J connectivity index is 2.25. The Bertz CT molecular complexity index is 703. The van der Waals surface area contributed by atoms with Crippen LogP contribution >= 0.6 is 0 Å². The van der Waals surface area contributed by atoms with Crippen molar-refractivity contribution in [2.24, 2.45) is 0 Å². The third-order valence-corrected chi connectivity index (χ3v) is 21.3. The average molecular weight is 593 g/mol. The Labute approximate surface area is 219 Å². The SMILES string of the molecule is CCC[CH2][Sn](/[CH]=C/[C@H](CC(=O)OCC)c1ccc(OC2CCCCO2)cc1)([CH2]CCC)[CH2]CCC. The van der Waals surface area contributed by atoms with Crippen molar-refractivity contribution < 1.29 is 19.0 Å². The summed E-state index contributed by atoms with van der Waals surface area (Å²) in [5.74, 6) is 0.770. The molecule has 1 aliphatic heterocycles. The first-order chi connectivity index (χ1) is 17.1. The molecule has 5 heteroatoms. The van der Waals surface area contributed by atoms with E-state index in [0.29, 0.717) is 13.0 Å². The minimum absolute atomic E-state index is 0.0509. The number of esters is 1. The number of benzene rings is 1. The third kappa shape index (κ3) is 11.3. The van der Waals surface area contributed by atoms with Crippen LogP contribution in [0, 0.1) is 0 Å². The molecule has 0 N–H and O–H groups in total. The Hall–Kier alpha value is -1.01. The van der Waals surface area contributed by atoms with E-state index >= 15 is 0 Å². The molecule has 1 aliphatic rings. The van der Waals surface area contributed by atoms with Crippen molar-refractivity contribution in [3.63, 3.8) is 0 Å². The van der Waals surface area contributed by atoms with E-state index in [1.807, 2.05) is 19.1 Å². The van der Waals surface area contributed by atoms with Gasteiger partial charge < -0.3 is 0 Å². The molecule has 1 aromatic rings. The Kier molecular flexibility index (Phi) is 15.1. The van der Waals surface area contributed by atoms with E-state index in [0.717, 1.165) is 37.2 Å². The second-order valence-electron chi connectivity index (χ2n) is 10.1. The van der Waals surface area contributed by atoms with Gasteiger partial charge in [-0.1, -0.05) is 0 Å². The molecule has 0 saturated carbocycles. The van der Waals surface area contributed by atoms with Gasteiger partial charge in [0.1, 0.15) is 0 Å². The Morgan fingerprint density at radius 1 is 1.00 bits per heavy atom. The maximum atomic E-state index is 12.5. The van der Waals surface area contributed by atoms with Gasteiger partial charge in [-0.05, 0) is 0 Å². The minimum atomic E-state index is -2.44. The Morgan fingerprint density at radius 3 is 2.14 bits per heavy atom. The summed E-state index contributed by atoms with van der Waals surface area (Å²) in [6, 6.07) is 8.30. The molecule has 2 rings (SSSR count). The van der Waals surface area contributed by atoms with E-state index in [9.17, 15) is 4.79 Å². The zero-order valence-corrected chi connectivity index (χ0v) is 25.7. The fraction of sp³-hybridized carbons (Fsp3) is 0.700. The molecule has 1 saturated heterocycles. The molecule has 1 heterocycles. The van der Waals surface area contributed by atoms with Crippen LogP contribution in [0.4, 0.5) is 0 Å². The van der Waals surface area contributed by atoms with Crippen LogP contribution < -0.4 is 4.74 Å². The normalized spacial score (nSPS) is 17.4. The molecule has 0 amide bonds. The van der Waals surface area contributed by atoms with Gasteiger partial charge >= 0.3 is 220 Å². The van der Waals surface area contributed by atoms with E-state index in [2.05, 4.69) is 43.1 Å². The van der Waals surface area contributed by atoms with E-state index in [1.165, 1.54) is 51.8 Å². The van der Waals surface area contributed by atoms with Crippen LogP contribution in [0.2, 0.25) is 13.3 Å². The third-order valence-electron chi connectivity index (χ3n) is 7.17. The number of carbonyl (C=O) groups is 1. The predicted molar refractivity (Wildman–Crippen MR) is 149 cm³/mol. The zero-order chi connectivity index (χ0) is 25.4. The zero-order valence-electron chi connectivity index (χ0n) is 22.9. The summed E-state index contributed by atoms with van der Waals surface area (Å²) in [5, 5.41) is 0. The van der Waals surface area contributed by atoms with Crippen molar-refractivity contribution >= 4 is 24.3 Å². The van der Waals surface area contributed by atoms with Crippen LogP contribution in [0.1, 0.15) is 103 Å². The number of hydrogen-bond acceptors (Lipinski definition) is 4. The van der Waals surface area contributed by atoms with Crippen molar-refractivity contribution in [1.82, 2.24) is 0 Å². The van der Waals surface area contributed by atoms with Crippen LogP contribution in [0.15, 0.2) is 34.4 Å². The van der Waals surface area contributed by atoms with Gasteiger partial charge in [0.25, 0.3) is 0 Å². The van der Waals surface area contributed by atoms with Gasteiger partial charge in [0.05, 0.1) is 0 Å². The van der Waals surface area contributed by atoms with Gasteiger partial charge in [-0.25, -0.2) is 0 Å². The van der Waals surface area contributed by atoms with E-state index in [-0.39, 0.29) is 18.2 Å². The number of unbranched alkanes of at least 4 members (excludes halogenated alkanes) is 3. The van der Waals surface area contributed by atoms with Gasteiger partial charge in [0.15, 0.2) is 0 Å². The summed E-state index contributed by atoms with van der Waals surface area (Å²) in [5.41, 5.74) is 1.16. The molecule has 35 heavy (non-hydrogen) atoms. The summed E-state index contributed by atoms with van der Waals surface area (Å²) in [7, 11) is 0. The standard InChI is InChI=1S/C18H23O4.3C4H9.Sn/c1-3-14(13-17(19)20-4-2)15-8-10-16(11-9-15)22-18-7-5-6-12-21-18;3*1-3-4-2;/h1,3,8-11,14,18H,4-7,12-13H2,2H3;3*1,3-4H2,2H3;/t14-,18?;;;;/m1..../s1. The fourth-order valence-corrected chi connectivity index (χ4v) is 19.4. The van der Waals surface area contributed by atoms with Crippen molar-refractivity contribution in [2.45, 2.75) is 117 Å². The topological polar surface area (TPSA) is 44.8 Å². The second-order valence-corrected chi connectivity index (χ2v) is 23.1. The van der Waals surface area contributed by atoms with E-state index in [1.54, 1.807) is 0 Å². The maximum absolute atomic E-state index is 12.5. The molecule has 198 valence electrons. The molecule has 0 spiro atoms.